The quantitative estimate of drug-likeness (QED) is 0.826. The van der Waals surface area contributed by atoms with Gasteiger partial charge in [-0.3, -0.25) is 0 Å². The van der Waals surface area contributed by atoms with Gasteiger partial charge in [0.1, 0.15) is 0 Å². The Morgan fingerprint density at radius 2 is 2.21 bits per heavy atom. The van der Waals surface area contributed by atoms with Gasteiger partial charge in [0.05, 0.1) is 17.2 Å². The summed E-state index contributed by atoms with van der Waals surface area (Å²) in [6.45, 7) is 3.37. The summed E-state index contributed by atoms with van der Waals surface area (Å²) in [6, 6.07) is 0.0966. The number of rotatable bonds is 3. The Kier molecular flexibility index (Phi) is 3.50. The SMILES string of the molecule is NC(CN1CCCCC1)c1cscn1. The summed E-state index contributed by atoms with van der Waals surface area (Å²) in [5, 5.41) is 2.05. The molecule has 78 valence electrons. The molecular formula is C10H17N3S. The van der Waals surface area contributed by atoms with E-state index >= 15 is 0 Å². The molecule has 14 heavy (non-hydrogen) atoms. The Labute approximate surface area is 88.9 Å². The summed E-state index contributed by atoms with van der Waals surface area (Å²) in [6.07, 6.45) is 4.02. The standard InChI is InChI=1S/C10H17N3S/c11-9(10-7-14-8-12-10)6-13-4-2-1-3-5-13/h7-9H,1-6,11H2. The average molecular weight is 211 g/mol. The van der Waals surface area contributed by atoms with Crippen LogP contribution in [0.1, 0.15) is 31.0 Å². The van der Waals surface area contributed by atoms with Crippen LogP contribution in [0.4, 0.5) is 0 Å². The van der Waals surface area contributed by atoms with Gasteiger partial charge in [-0.15, -0.1) is 11.3 Å². The van der Waals surface area contributed by atoms with Crippen molar-refractivity contribution >= 4 is 11.3 Å². The lowest BCUT2D eigenvalue weighted by Crippen LogP contribution is -2.36. The highest BCUT2D eigenvalue weighted by molar-refractivity contribution is 7.07. The van der Waals surface area contributed by atoms with Gasteiger partial charge >= 0.3 is 0 Å². The smallest absolute Gasteiger partial charge is 0.0795 e. The fourth-order valence-corrected chi connectivity index (χ4v) is 2.54. The Bertz CT molecular complexity index is 254. The first-order chi connectivity index (χ1) is 6.86. The molecular weight excluding hydrogens is 194 g/mol. The summed E-state index contributed by atoms with van der Waals surface area (Å²) in [5.74, 6) is 0. The van der Waals surface area contributed by atoms with Crippen molar-refractivity contribution in [2.75, 3.05) is 19.6 Å². The van der Waals surface area contributed by atoms with Gasteiger partial charge in [-0.1, -0.05) is 6.42 Å². The molecule has 0 bridgehead atoms. The summed E-state index contributed by atoms with van der Waals surface area (Å²) >= 11 is 1.62. The van der Waals surface area contributed by atoms with E-state index in [0.717, 1.165) is 12.2 Å². The second-order valence-corrected chi connectivity index (χ2v) is 4.60. The molecule has 0 spiro atoms. The van der Waals surface area contributed by atoms with E-state index in [0.29, 0.717) is 0 Å². The Balaban J connectivity index is 1.84. The van der Waals surface area contributed by atoms with Gasteiger partial charge in [0.2, 0.25) is 0 Å². The van der Waals surface area contributed by atoms with Crippen LogP contribution in [0, 0.1) is 0 Å². The van der Waals surface area contributed by atoms with Crippen molar-refractivity contribution in [2.45, 2.75) is 25.3 Å². The van der Waals surface area contributed by atoms with Crippen LogP contribution in [-0.4, -0.2) is 29.5 Å². The number of nitrogens with zero attached hydrogens (tertiary/aromatic N) is 2. The fourth-order valence-electron chi connectivity index (χ4n) is 1.92. The first-order valence-electron chi connectivity index (χ1n) is 5.22. The molecule has 0 aromatic carbocycles. The molecule has 1 unspecified atom stereocenters. The first-order valence-corrected chi connectivity index (χ1v) is 6.16. The molecule has 3 nitrogen and oxygen atoms in total. The van der Waals surface area contributed by atoms with Crippen molar-refractivity contribution in [2.24, 2.45) is 5.73 Å². The van der Waals surface area contributed by atoms with Gasteiger partial charge < -0.3 is 10.6 Å². The summed E-state index contributed by atoms with van der Waals surface area (Å²) in [4.78, 5) is 6.70. The molecule has 1 aromatic heterocycles. The van der Waals surface area contributed by atoms with E-state index in [2.05, 4.69) is 15.3 Å². The van der Waals surface area contributed by atoms with Crippen LogP contribution in [-0.2, 0) is 0 Å². The minimum Gasteiger partial charge on any atom is -0.322 e. The van der Waals surface area contributed by atoms with Crippen molar-refractivity contribution in [1.29, 1.82) is 0 Å². The van der Waals surface area contributed by atoms with Gasteiger partial charge in [-0.2, -0.15) is 0 Å². The van der Waals surface area contributed by atoms with Crippen molar-refractivity contribution in [3.63, 3.8) is 0 Å². The lowest BCUT2D eigenvalue weighted by atomic mass is 10.1. The van der Waals surface area contributed by atoms with E-state index in [9.17, 15) is 0 Å². The Morgan fingerprint density at radius 1 is 1.43 bits per heavy atom. The molecule has 1 saturated heterocycles. The van der Waals surface area contributed by atoms with Crippen LogP contribution in [0.3, 0.4) is 0 Å². The monoisotopic (exact) mass is 211 g/mol. The predicted molar refractivity (Wildman–Crippen MR) is 59.3 cm³/mol. The first kappa shape index (κ1) is 10.1. The molecule has 4 heteroatoms. The average Bonchev–Trinajstić information content (AvgIpc) is 2.72. The largest absolute Gasteiger partial charge is 0.322 e. The predicted octanol–water partition coefficient (Wildman–Crippen LogP) is 1.63. The van der Waals surface area contributed by atoms with Gasteiger partial charge in [-0.25, -0.2) is 4.98 Å². The summed E-state index contributed by atoms with van der Waals surface area (Å²) < 4.78 is 0. The van der Waals surface area contributed by atoms with Crippen LogP contribution in [0.25, 0.3) is 0 Å². The molecule has 1 aromatic rings. The lowest BCUT2D eigenvalue weighted by Gasteiger charge is -2.28. The highest BCUT2D eigenvalue weighted by atomic mass is 32.1. The minimum atomic E-state index is 0.0966. The van der Waals surface area contributed by atoms with E-state index in [-0.39, 0.29) is 6.04 Å². The van der Waals surface area contributed by atoms with Crippen LogP contribution in [0.2, 0.25) is 0 Å². The van der Waals surface area contributed by atoms with Crippen molar-refractivity contribution < 1.29 is 0 Å². The van der Waals surface area contributed by atoms with Crippen molar-refractivity contribution in [1.82, 2.24) is 9.88 Å². The highest BCUT2D eigenvalue weighted by Gasteiger charge is 2.15. The van der Waals surface area contributed by atoms with Gasteiger partial charge in [0.15, 0.2) is 0 Å². The Morgan fingerprint density at radius 3 is 2.86 bits per heavy atom. The second kappa shape index (κ2) is 4.87. The normalized spacial score (nSPS) is 20.9. The van der Waals surface area contributed by atoms with E-state index < -0.39 is 0 Å². The maximum Gasteiger partial charge on any atom is 0.0795 e. The van der Waals surface area contributed by atoms with E-state index in [4.69, 9.17) is 5.73 Å². The molecule has 2 heterocycles. The Hall–Kier alpha value is -0.450. The number of piperidine rings is 1. The fraction of sp³-hybridized carbons (Fsp3) is 0.700. The third-order valence-corrected chi connectivity index (χ3v) is 3.34. The van der Waals surface area contributed by atoms with Crippen molar-refractivity contribution in [3.8, 4) is 0 Å². The van der Waals surface area contributed by atoms with E-state index in [1.165, 1.54) is 32.4 Å². The molecule has 0 amide bonds. The number of hydrogen-bond acceptors (Lipinski definition) is 4. The maximum atomic E-state index is 6.07. The molecule has 0 radical (unpaired) electrons. The number of likely N-dealkylation sites (tertiary alicyclic amines) is 1. The number of thiazole rings is 1. The molecule has 1 aliphatic heterocycles. The number of hydrogen-bond donors (Lipinski definition) is 1. The number of aromatic nitrogens is 1. The highest BCUT2D eigenvalue weighted by Crippen LogP contribution is 2.15. The summed E-state index contributed by atoms with van der Waals surface area (Å²) in [5.41, 5.74) is 8.97. The van der Waals surface area contributed by atoms with Crippen LogP contribution in [0.5, 0.6) is 0 Å². The topological polar surface area (TPSA) is 42.1 Å². The zero-order valence-corrected chi connectivity index (χ0v) is 9.17. The second-order valence-electron chi connectivity index (χ2n) is 3.88. The molecule has 1 fully saturated rings. The van der Waals surface area contributed by atoms with Gasteiger partial charge in [0, 0.05) is 11.9 Å². The van der Waals surface area contributed by atoms with Gasteiger partial charge in [0.25, 0.3) is 0 Å². The van der Waals surface area contributed by atoms with Gasteiger partial charge in [-0.05, 0) is 25.9 Å². The zero-order chi connectivity index (χ0) is 9.80. The lowest BCUT2D eigenvalue weighted by molar-refractivity contribution is 0.215. The molecule has 0 saturated carbocycles. The molecule has 2 rings (SSSR count). The zero-order valence-electron chi connectivity index (χ0n) is 8.35. The third-order valence-electron chi connectivity index (χ3n) is 2.73. The third kappa shape index (κ3) is 2.53. The van der Waals surface area contributed by atoms with Crippen LogP contribution < -0.4 is 5.73 Å². The molecule has 1 aliphatic rings. The molecule has 1 atom stereocenters. The maximum absolute atomic E-state index is 6.07. The molecule has 2 N–H and O–H groups in total. The molecule has 0 aliphatic carbocycles. The van der Waals surface area contributed by atoms with Crippen molar-refractivity contribution in [3.05, 3.63) is 16.6 Å². The number of nitrogens with two attached hydrogens (primary N) is 1. The minimum absolute atomic E-state index is 0.0966. The van der Waals surface area contributed by atoms with Crippen LogP contribution in [0.15, 0.2) is 10.9 Å². The van der Waals surface area contributed by atoms with Crippen LogP contribution >= 0.6 is 11.3 Å². The van der Waals surface area contributed by atoms with E-state index in [1.807, 2.05) is 5.51 Å². The summed E-state index contributed by atoms with van der Waals surface area (Å²) in [7, 11) is 0. The van der Waals surface area contributed by atoms with E-state index in [1.54, 1.807) is 11.3 Å².